The summed E-state index contributed by atoms with van der Waals surface area (Å²) in [5.74, 6) is 0.690. The predicted molar refractivity (Wildman–Crippen MR) is 70.3 cm³/mol. The van der Waals surface area contributed by atoms with Gasteiger partial charge in [0.25, 0.3) is 5.69 Å². The van der Waals surface area contributed by atoms with E-state index >= 15 is 0 Å². The Morgan fingerprint density at radius 2 is 2.32 bits per heavy atom. The molecule has 2 N–H and O–H groups in total. The molecule has 0 bridgehead atoms. The highest BCUT2D eigenvalue weighted by Crippen LogP contribution is 2.26. The molecule has 2 atom stereocenters. The van der Waals surface area contributed by atoms with Crippen molar-refractivity contribution in [3.63, 3.8) is 0 Å². The Morgan fingerprint density at radius 1 is 1.53 bits per heavy atom. The molecule has 1 aliphatic heterocycles. The van der Waals surface area contributed by atoms with Crippen molar-refractivity contribution in [3.8, 4) is 5.75 Å². The summed E-state index contributed by atoms with van der Waals surface area (Å²) in [5, 5.41) is 10.9. The van der Waals surface area contributed by atoms with Gasteiger partial charge in [-0.25, -0.2) is 0 Å². The number of nitro groups is 1. The van der Waals surface area contributed by atoms with Gasteiger partial charge >= 0.3 is 0 Å². The van der Waals surface area contributed by atoms with E-state index < -0.39 is 4.92 Å². The predicted octanol–water partition coefficient (Wildman–Crippen LogP) is 1.51. The van der Waals surface area contributed by atoms with E-state index in [1.165, 1.54) is 13.2 Å². The third-order valence-corrected chi connectivity index (χ3v) is 3.43. The first-order valence-corrected chi connectivity index (χ1v) is 6.26. The van der Waals surface area contributed by atoms with Crippen LogP contribution in [0.1, 0.15) is 12.0 Å². The zero-order chi connectivity index (χ0) is 13.8. The zero-order valence-electron chi connectivity index (χ0n) is 10.9. The Balaban J connectivity index is 2.18. The summed E-state index contributed by atoms with van der Waals surface area (Å²) in [6.45, 7) is 1.29. The first-order chi connectivity index (χ1) is 9.10. The fourth-order valence-electron chi connectivity index (χ4n) is 2.31. The van der Waals surface area contributed by atoms with Crippen molar-refractivity contribution in [1.82, 2.24) is 0 Å². The third-order valence-electron chi connectivity index (χ3n) is 3.43. The summed E-state index contributed by atoms with van der Waals surface area (Å²) in [5.41, 5.74) is 6.95. The molecule has 1 saturated heterocycles. The van der Waals surface area contributed by atoms with Crippen LogP contribution in [0.3, 0.4) is 0 Å². The van der Waals surface area contributed by atoms with Gasteiger partial charge < -0.3 is 15.2 Å². The summed E-state index contributed by atoms with van der Waals surface area (Å²) < 4.78 is 10.5. The molecule has 0 aliphatic carbocycles. The van der Waals surface area contributed by atoms with Gasteiger partial charge in [-0.05, 0) is 24.5 Å². The van der Waals surface area contributed by atoms with Gasteiger partial charge in [-0.2, -0.15) is 0 Å². The van der Waals surface area contributed by atoms with Gasteiger partial charge in [0.1, 0.15) is 5.75 Å². The van der Waals surface area contributed by atoms with Crippen molar-refractivity contribution in [2.75, 3.05) is 20.3 Å². The molecule has 0 spiro atoms. The van der Waals surface area contributed by atoms with E-state index in [9.17, 15) is 10.1 Å². The van der Waals surface area contributed by atoms with Crippen LogP contribution >= 0.6 is 0 Å². The number of ether oxygens (including phenoxy) is 2. The van der Waals surface area contributed by atoms with Crippen molar-refractivity contribution in [2.45, 2.75) is 18.9 Å². The average Bonchev–Trinajstić information content (AvgIpc) is 2.41. The maximum absolute atomic E-state index is 10.9. The van der Waals surface area contributed by atoms with Crippen LogP contribution in [0.4, 0.5) is 5.69 Å². The molecule has 0 amide bonds. The van der Waals surface area contributed by atoms with E-state index in [1.807, 2.05) is 6.07 Å². The second-order valence-corrected chi connectivity index (χ2v) is 4.79. The molecule has 0 radical (unpaired) electrons. The van der Waals surface area contributed by atoms with Gasteiger partial charge in [-0.3, -0.25) is 10.1 Å². The number of nitrogens with zero attached hydrogens (tertiary/aromatic N) is 1. The molecule has 19 heavy (non-hydrogen) atoms. The molecule has 0 saturated carbocycles. The van der Waals surface area contributed by atoms with Gasteiger partial charge in [0.2, 0.25) is 0 Å². The molecule has 0 aromatic heterocycles. The van der Waals surface area contributed by atoms with Gasteiger partial charge in [-0.15, -0.1) is 0 Å². The van der Waals surface area contributed by atoms with E-state index in [2.05, 4.69) is 0 Å². The van der Waals surface area contributed by atoms with Crippen LogP contribution in [0.5, 0.6) is 5.75 Å². The second kappa shape index (κ2) is 5.99. The van der Waals surface area contributed by atoms with Gasteiger partial charge in [0, 0.05) is 24.6 Å². The molecule has 1 heterocycles. The lowest BCUT2D eigenvalue weighted by Crippen LogP contribution is -2.39. The van der Waals surface area contributed by atoms with E-state index in [-0.39, 0.29) is 17.6 Å². The topological polar surface area (TPSA) is 87.6 Å². The lowest BCUT2D eigenvalue weighted by molar-refractivity contribution is -0.385. The van der Waals surface area contributed by atoms with E-state index in [4.69, 9.17) is 15.2 Å². The molecular weight excluding hydrogens is 248 g/mol. The van der Waals surface area contributed by atoms with E-state index in [0.717, 1.165) is 12.0 Å². The number of hydrogen-bond donors (Lipinski definition) is 1. The maximum atomic E-state index is 10.9. The highest BCUT2D eigenvalue weighted by atomic mass is 16.6. The van der Waals surface area contributed by atoms with Crippen LogP contribution in [0.25, 0.3) is 0 Å². The lowest BCUT2D eigenvalue weighted by atomic mass is 9.90. The fraction of sp³-hybridized carbons (Fsp3) is 0.538. The first-order valence-electron chi connectivity index (χ1n) is 6.26. The van der Waals surface area contributed by atoms with Gasteiger partial charge in [-0.1, -0.05) is 0 Å². The van der Waals surface area contributed by atoms with Crippen molar-refractivity contribution >= 4 is 5.69 Å². The summed E-state index contributed by atoms with van der Waals surface area (Å²) >= 11 is 0. The van der Waals surface area contributed by atoms with Crippen LogP contribution < -0.4 is 10.5 Å². The molecule has 2 rings (SSSR count). The Labute approximate surface area is 111 Å². The average molecular weight is 266 g/mol. The fourth-order valence-corrected chi connectivity index (χ4v) is 2.31. The smallest absolute Gasteiger partial charge is 0.273 e. The van der Waals surface area contributed by atoms with Crippen LogP contribution in [0.15, 0.2) is 18.2 Å². The summed E-state index contributed by atoms with van der Waals surface area (Å²) in [7, 11) is 1.50. The Kier molecular flexibility index (Phi) is 4.34. The molecule has 1 aromatic carbocycles. The minimum absolute atomic E-state index is 0.0413. The minimum Gasteiger partial charge on any atom is -0.496 e. The number of rotatable bonds is 4. The monoisotopic (exact) mass is 266 g/mol. The summed E-state index contributed by atoms with van der Waals surface area (Å²) in [6, 6.07) is 4.89. The first kappa shape index (κ1) is 13.8. The largest absolute Gasteiger partial charge is 0.496 e. The van der Waals surface area contributed by atoms with Crippen molar-refractivity contribution in [3.05, 3.63) is 33.9 Å². The Bertz CT molecular complexity index is 464. The van der Waals surface area contributed by atoms with Crippen molar-refractivity contribution in [1.29, 1.82) is 0 Å². The maximum Gasteiger partial charge on any atom is 0.273 e. The third kappa shape index (κ3) is 3.42. The zero-order valence-corrected chi connectivity index (χ0v) is 10.9. The number of benzene rings is 1. The molecule has 6 heteroatoms. The number of methoxy groups -OCH3 is 1. The van der Waals surface area contributed by atoms with E-state index in [1.54, 1.807) is 6.07 Å². The molecule has 1 aromatic rings. The molecule has 1 aliphatic rings. The number of nitrogens with two attached hydrogens (primary N) is 1. The quantitative estimate of drug-likeness (QED) is 0.659. The number of non-ortho nitro benzene ring substituents is 1. The van der Waals surface area contributed by atoms with Crippen LogP contribution in [0.2, 0.25) is 0 Å². The van der Waals surface area contributed by atoms with Crippen molar-refractivity contribution < 1.29 is 14.4 Å². The standard InChI is InChI=1S/C13H18N2O4/c1-18-12-6-9(5-11(7-12)15(16)17)4-10-8-19-3-2-13(10)14/h5-7,10,13H,2-4,8,14H2,1H3. The summed E-state index contributed by atoms with van der Waals surface area (Å²) in [4.78, 5) is 10.5. The second-order valence-electron chi connectivity index (χ2n) is 4.79. The van der Waals surface area contributed by atoms with E-state index in [0.29, 0.717) is 25.4 Å². The van der Waals surface area contributed by atoms with Gasteiger partial charge in [0.05, 0.1) is 24.7 Å². The Hall–Kier alpha value is -1.66. The van der Waals surface area contributed by atoms with Gasteiger partial charge in [0.15, 0.2) is 0 Å². The lowest BCUT2D eigenvalue weighted by Gasteiger charge is -2.28. The normalized spacial score (nSPS) is 23.1. The molecular formula is C13H18N2O4. The Morgan fingerprint density at radius 3 is 2.95 bits per heavy atom. The SMILES string of the molecule is COc1cc(CC2COCCC2N)cc([N+](=O)[O-])c1. The van der Waals surface area contributed by atoms with Crippen molar-refractivity contribution in [2.24, 2.45) is 11.7 Å². The summed E-state index contributed by atoms with van der Waals surface area (Å²) in [6.07, 6.45) is 1.50. The molecule has 1 fully saturated rings. The molecule has 104 valence electrons. The highest BCUT2D eigenvalue weighted by Gasteiger charge is 2.23. The van der Waals surface area contributed by atoms with Crippen LogP contribution in [-0.2, 0) is 11.2 Å². The number of hydrogen-bond acceptors (Lipinski definition) is 5. The molecule has 6 nitrogen and oxygen atoms in total. The molecule has 2 unspecified atom stereocenters. The van der Waals surface area contributed by atoms with Crippen LogP contribution in [0, 0.1) is 16.0 Å². The number of nitro benzene ring substituents is 1. The minimum atomic E-state index is -0.413. The van der Waals surface area contributed by atoms with Crippen LogP contribution in [-0.4, -0.2) is 31.3 Å². The highest BCUT2D eigenvalue weighted by molar-refractivity contribution is 5.43.